The molecule has 0 aromatic rings. The zero-order valence-corrected chi connectivity index (χ0v) is 19.9. The molecule has 6 nitrogen and oxygen atoms in total. The number of thioether (sulfide) groups is 1. The second-order valence-electron chi connectivity index (χ2n) is 6.52. The van der Waals surface area contributed by atoms with Gasteiger partial charge in [-0.25, -0.2) is 4.99 Å². The fraction of sp³-hybridized carbons (Fsp3) is 0.889. The van der Waals surface area contributed by atoms with Crippen molar-refractivity contribution in [3.63, 3.8) is 0 Å². The van der Waals surface area contributed by atoms with Crippen molar-refractivity contribution in [2.24, 2.45) is 4.99 Å². The lowest BCUT2D eigenvalue weighted by Crippen LogP contribution is -2.46. The SMILES string of the molecule is CCOCCCNC(=NCC(=O)N(C)C)NC1CCCC(SCC)C1.I. The molecular weight excluding hydrogens is 463 g/mol. The van der Waals surface area contributed by atoms with Gasteiger partial charge in [-0.1, -0.05) is 13.3 Å². The fourth-order valence-electron chi connectivity index (χ4n) is 2.82. The minimum absolute atomic E-state index is 0. The topological polar surface area (TPSA) is 66.0 Å². The first-order valence-electron chi connectivity index (χ1n) is 9.51. The van der Waals surface area contributed by atoms with Crippen LogP contribution in [0.4, 0.5) is 0 Å². The summed E-state index contributed by atoms with van der Waals surface area (Å²) < 4.78 is 5.37. The van der Waals surface area contributed by atoms with Gasteiger partial charge in [0, 0.05) is 45.1 Å². The number of nitrogens with one attached hydrogen (secondary N) is 2. The number of halogens is 1. The molecule has 0 radical (unpaired) electrons. The smallest absolute Gasteiger partial charge is 0.243 e. The predicted molar refractivity (Wildman–Crippen MR) is 123 cm³/mol. The van der Waals surface area contributed by atoms with E-state index in [1.54, 1.807) is 19.0 Å². The molecule has 0 aromatic carbocycles. The summed E-state index contributed by atoms with van der Waals surface area (Å²) in [5.74, 6) is 1.93. The van der Waals surface area contributed by atoms with Crippen molar-refractivity contribution < 1.29 is 9.53 Å². The van der Waals surface area contributed by atoms with Crippen molar-refractivity contribution in [2.75, 3.05) is 46.2 Å². The third-order valence-corrected chi connectivity index (χ3v) is 5.44. The molecule has 1 rings (SSSR count). The second-order valence-corrected chi connectivity index (χ2v) is 8.09. The molecule has 0 spiro atoms. The Morgan fingerprint density at radius 3 is 2.73 bits per heavy atom. The Morgan fingerprint density at radius 2 is 2.08 bits per heavy atom. The summed E-state index contributed by atoms with van der Waals surface area (Å²) in [6, 6.07) is 0.436. The lowest BCUT2D eigenvalue weighted by atomic mass is 9.95. The Kier molecular flexibility index (Phi) is 15.7. The molecule has 0 bridgehead atoms. The van der Waals surface area contributed by atoms with Crippen LogP contribution in [0, 0.1) is 0 Å². The summed E-state index contributed by atoms with van der Waals surface area (Å²) in [7, 11) is 3.52. The van der Waals surface area contributed by atoms with E-state index in [0.29, 0.717) is 6.04 Å². The summed E-state index contributed by atoms with van der Waals surface area (Å²) in [6.45, 7) is 6.68. The average molecular weight is 500 g/mol. The quantitative estimate of drug-likeness (QED) is 0.209. The number of hydrogen-bond acceptors (Lipinski definition) is 4. The molecule has 0 aliphatic heterocycles. The highest BCUT2D eigenvalue weighted by molar-refractivity contribution is 14.0. The highest BCUT2D eigenvalue weighted by atomic mass is 127. The normalized spacial score (nSPS) is 20.2. The number of nitrogens with zero attached hydrogens (tertiary/aromatic N) is 2. The Hall–Kier alpha value is -0.220. The van der Waals surface area contributed by atoms with Gasteiger partial charge in [0.25, 0.3) is 0 Å². The lowest BCUT2D eigenvalue weighted by Gasteiger charge is -2.30. The van der Waals surface area contributed by atoms with Gasteiger partial charge in [0.2, 0.25) is 5.91 Å². The first kappa shape index (κ1) is 25.8. The molecule has 2 atom stereocenters. The van der Waals surface area contributed by atoms with Crippen LogP contribution in [0.2, 0.25) is 0 Å². The summed E-state index contributed by atoms with van der Waals surface area (Å²) in [5.41, 5.74) is 0. The second kappa shape index (κ2) is 15.8. The monoisotopic (exact) mass is 500 g/mol. The molecule has 154 valence electrons. The van der Waals surface area contributed by atoms with Crippen molar-refractivity contribution in [1.29, 1.82) is 0 Å². The van der Waals surface area contributed by atoms with Crippen LogP contribution in [0.15, 0.2) is 4.99 Å². The fourth-order valence-corrected chi connectivity index (χ4v) is 4.00. The van der Waals surface area contributed by atoms with Crippen LogP contribution in [-0.4, -0.2) is 74.2 Å². The van der Waals surface area contributed by atoms with Crippen LogP contribution >= 0.6 is 35.7 Å². The summed E-state index contributed by atoms with van der Waals surface area (Å²) in [6.07, 6.45) is 5.82. The molecule has 0 saturated heterocycles. The van der Waals surface area contributed by atoms with Gasteiger partial charge in [0.1, 0.15) is 6.54 Å². The minimum atomic E-state index is 0. The van der Waals surface area contributed by atoms with Crippen molar-refractivity contribution in [3.05, 3.63) is 0 Å². The van der Waals surface area contributed by atoms with Crippen molar-refractivity contribution >= 4 is 47.6 Å². The minimum Gasteiger partial charge on any atom is -0.382 e. The molecule has 1 saturated carbocycles. The standard InChI is InChI=1S/C18H36N4O2S.HI/c1-5-24-12-8-11-19-18(20-14-17(23)22(3)4)21-15-9-7-10-16(13-15)25-6-2;/h15-16H,5-14H2,1-4H3,(H2,19,20,21);1H. The number of ether oxygens (including phenoxy) is 1. The average Bonchev–Trinajstić information content (AvgIpc) is 2.59. The van der Waals surface area contributed by atoms with Gasteiger partial charge >= 0.3 is 0 Å². The molecule has 1 fully saturated rings. The van der Waals surface area contributed by atoms with E-state index < -0.39 is 0 Å². The number of amides is 1. The Labute approximate surface area is 180 Å². The first-order valence-corrected chi connectivity index (χ1v) is 10.6. The van der Waals surface area contributed by atoms with Crippen LogP contribution in [0.25, 0.3) is 0 Å². The number of carbonyl (C=O) groups excluding carboxylic acids is 1. The third kappa shape index (κ3) is 11.5. The van der Waals surface area contributed by atoms with Gasteiger partial charge in [-0.05, 0) is 38.4 Å². The third-order valence-electron chi connectivity index (χ3n) is 4.20. The van der Waals surface area contributed by atoms with Crippen LogP contribution < -0.4 is 10.6 Å². The zero-order chi connectivity index (χ0) is 18.5. The Morgan fingerprint density at radius 1 is 1.31 bits per heavy atom. The van der Waals surface area contributed by atoms with Crippen LogP contribution in [0.5, 0.6) is 0 Å². The molecule has 26 heavy (non-hydrogen) atoms. The van der Waals surface area contributed by atoms with E-state index in [9.17, 15) is 4.79 Å². The maximum atomic E-state index is 11.8. The maximum Gasteiger partial charge on any atom is 0.243 e. The van der Waals surface area contributed by atoms with Gasteiger partial charge in [0.15, 0.2) is 5.96 Å². The van der Waals surface area contributed by atoms with Crippen LogP contribution in [0.3, 0.4) is 0 Å². The number of hydrogen-bond donors (Lipinski definition) is 2. The number of aliphatic imine (C=N–C) groups is 1. The van der Waals surface area contributed by atoms with E-state index in [0.717, 1.165) is 37.4 Å². The van der Waals surface area contributed by atoms with Crippen molar-refractivity contribution in [1.82, 2.24) is 15.5 Å². The van der Waals surface area contributed by atoms with Gasteiger partial charge in [-0.2, -0.15) is 11.8 Å². The van der Waals surface area contributed by atoms with Gasteiger partial charge in [-0.15, -0.1) is 24.0 Å². The zero-order valence-electron chi connectivity index (χ0n) is 16.8. The van der Waals surface area contributed by atoms with E-state index in [1.165, 1.54) is 31.4 Å². The molecule has 2 unspecified atom stereocenters. The van der Waals surface area contributed by atoms with Gasteiger partial charge in [0.05, 0.1) is 0 Å². The number of likely N-dealkylation sites (N-methyl/N-ethyl adjacent to an activating group) is 1. The van der Waals surface area contributed by atoms with Crippen molar-refractivity contribution in [3.8, 4) is 0 Å². The van der Waals surface area contributed by atoms with E-state index in [1.807, 2.05) is 6.92 Å². The van der Waals surface area contributed by atoms with E-state index >= 15 is 0 Å². The number of guanidine groups is 1. The van der Waals surface area contributed by atoms with E-state index in [-0.39, 0.29) is 36.4 Å². The molecule has 1 aliphatic rings. The lowest BCUT2D eigenvalue weighted by molar-refractivity contribution is -0.127. The summed E-state index contributed by atoms with van der Waals surface area (Å²) >= 11 is 2.05. The number of carbonyl (C=O) groups is 1. The van der Waals surface area contributed by atoms with Crippen molar-refractivity contribution in [2.45, 2.75) is 57.2 Å². The molecule has 1 aliphatic carbocycles. The summed E-state index contributed by atoms with van der Waals surface area (Å²) in [4.78, 5) is 17.9. The molecular formula is C18H37IN4O2S. The predicted octanol–water partition coefficient (Wildman–Crippen LogP) is 2.72. The number of rotatable bonds is 10. The highest BCUT2D eigenvalue weighted by Gasteiger charge is 2.22. The summed E-state index contributed by atoms with van der Waals surface area (Å²) in [5, 5.41) is 7.63. The molecule has 1 amide bonds. The highest BCUT2D eigenvalue weighted by Crippen LogP contribution is 2.28. The first-order chi connectivity index (χ1) is 12.1. The Balaban J connectivity index is 0.00000625. The van der Waals surface area contributed by atoms with Crippen LogP contribution in [-0.2, 0) is 9.53 Å². The maximum absolute atomic E-state index is 11.8. The van der Waals surface area contributed by atoms with Crippen LogP contribution in [0.1, 0.15) is 46.0 Å². The molecule has 8 heteroatoms. The molecule has 2 N–H and O–H groups in total. The largest absolute Gasteiger partial charge is 0.382 e. The van der Waals surface area contributed by atoms with Gasteiger partial charge < -0.3 is 20.3 Å². The molecule has 0 aromatic heterocycles. The molecule has 0 heterocycles. The van der Waals surface area contributed by atoms with Gasteiger partial charge in [-0.3, -0.25) is 4.79 Å². The van der Waals surface area contributed by atoms with E-state index in [2.05, 4.69) is 34.3 Å². The Bertz CT molecular complexity index is 409. The van der Waals surface area contributed by atoms with E-state index in [4.69, 9.17) is 4.74 Å².